The molecule has 1 aromatic carbocycles. The molecule has 0 unspecified atom stereocenters. The molecule has 0 atom stereocenters. The summed E-state index contributed by atoms with van der Waals surface area (Å²) in [6.45, 7) is 5.00. The molecule has 1 aliphatic heterocycles. The van der Waals surface area contributed by atoms with Crippen molar-refractivity contribution in [3.8, 4) is 0 Å². The summed E-state index contributed by atoms with van der Waals surface area (Å²) in [5.41, 5.74) is 0.832. The van der Waals surface area contributed by atoms with Crippen molar-refractivity contribution in [2.45, 2.75) is 19.8 Å². The topological polar surface area (TPSA) is 41.1 Å². The third-order valence-corrected chi connectivity index (χ3v) is 4.88. The lowest BCUT2D eigenvalue weighted by Crippen LogP contribution is -2.42. The molecule has 1 amide bonds. The van der Waals surface area contributed by atoms with E-state index in [2.05, 4.69) is 33.5 Å². The lowest BCUT2D eigenvalue weighted by atomic mass is 9.81. The van der Waals surface area contributed by atoms with E-state index in [1.807, 2.05) is 0 Å². The summed E-state index contributed by atoms with van der Waals surface area (Å²) in [5.74, 6) is -0.0443. The third kappa shape index (κ3) is 4.62. The summed E-state index contributed by atoms with van der Waals surface area (Å²) in [5, 5.41) is 6.98. The number of piperidine rings is 1. The highest BCUT2D eigenvalue weighted by molar-refractivity contribution is 9.10. The van der Waals surface area contributed by atoms with Gasteiger partial charge in [0.25, 0.3) is 5.91 Å². The van der Waals surface area contributed by atoms with Crippen LogP contribution >= 0.6 is 39.9 Å². The zero-order valence-corrected chi connectivity index (χ0v) is 14.5. The fourth-order valence-corrected chi connectivity index (χ4v) is 2.74. The largest absolute Gasteiger partial charge is 0.351 e. The number of amides is 1. The molecule has 2 N–H and O–H groups in total. The summed E-state index contributed by atoms with van der Waals surface area (Å²) in [6, 6.07) is 5.22. The van der Waals surface area contributed by atoms with Gasteiger partial charge in [0.2, 0.25) is 0 Å². The number of hydrogen-bond acceptors (Lipinski definition) is 2. The van der Waals surface area contributed by atoms with E-state index in [0.29, 0.717) is 17.1 Å². The first-order valence-electron chi connectivity index (χ1n) is 6.44. The van der Waals surface area contributed by atoms with Crippen molar-refractivity contribution in [2.75, 3.05) is 19.6 Å². The number of carbonyl (C=O) groups excluding carboxylic acids is 1. The van der Waals surface area contributed by atoms with Crippen LogP contribution in [0.2, 0.25) is 5.02 Å². The lowest BCUT2D eigenvalue weighted by Gasteiger charge is -2.34. The molecule has 6 heteroatoms. The Labute approximate surface area is 139 Å². The molecule has 1 heterocycles. The summed E-state index contributed by atoms with van der Waals surface area (Å²) in [4.78, 5) is 12.1. The Hall–Kier alpha value is -0.290. The number of halogens is 3. The Kier molecular flexibility index (Phi) is 6.79. The lowest BCUT2D eigenvalue weighted by molar-refractivity contribution is 0.0922. The molecule has 0 bridgehead atoms. The van der Waals surface area contributed by atoms with Crippen molar-refractivity contribution in [1.82, 2.24) is 10.6 Å². The first-order valence-corrected chi connectivity index (χ1v) is 7.61. The maximum Gasteiger partial charge on any atom is 0.251 e. The Morgan fingerprint density at radius 1 is 1.45 bits per heavy atom. The van der Waals surface area contributed by atoms with E-state index in [9.17, 15) is 4.79 Å². The minimum Gasteiger partial charge on any atom is -0.351 e. The van der Waals surface area contributed by atoms with Crippen LogP contribution < -0.4 is 10.6 Å². The van der Waals surface area contributed by atoms with Crippen LogP contribution in [0, 0.1) is 5.41 Å². The zero-order valence-electron chi connectivity index (χ0n) is 11.3. The smallest absolute Gasteiger partial charge is 0.251 e. The SMILES string of the molecule is CC1(CNC(=O)c2ccc(Cl)c(Br)c2)CCNCC1.Cl. The van der Waals surface area contributed by atoms with Crippen LogP contribution in [0.5, 0.6) is 0 Å². The molecule has 1 aromatic rings. The summed E-state index contributed by atoms with van der Waals surface area (Å²) < 4.78 is 0.745. The van der Waals surface area contributed by atoms with E-state index in [0.717, 1.165) is 30.4 Å². The highest BCUT2D eigenvalue weighted by Gasteiger charge is 2.27. The number of carbonyl (C=O) groups is 1. The second-order valence-corrected chi connectivity index (χ2v) is 6.63. The van der Waals surface area contributed by atoms with Gasteiger partial charge >= 0.3 is 0 Å². The molecule has 0 aliphatic carbocycles. The molecule has 1 saturated heterocycles. The second-order valence-electron chi connectivity index (χ2n) is 5.37. The average Bonchev–Trinajstić information content (AvgIpc) is 2.40. The molecule has 3 nitrogen and oxygen atoms in total. The van der Waals surface area contributed by atoms with Gasteiger partial charge in [0.15, 0.2) is 0 Å². The van der Waals surface area contributed by atoms with Crippen LogP contribution in [0.3, 0.4) is 0 Å². The maximum absolute atomic E-state index is 12.1. The fourth-order valence-electron chi connectivity index (χ4n) is 2.24. The molecule has 0 aromatic heterocycles. The second kappa shape index (κ2) is 7.64. The monoisotopic (exact) mass is 380 g/mol. The van der Waals surface area contributed by atoms with Gasteiger partial charge in [-0.2, -0.15) is 0 Å². The number of nitrogens with one attached hydrogen (secondary N) is 2. The van der Waals surface area contributed by atoms with E-state index < -0.39 is 0 Å². The van der Waals surface area contributed by atoms with Gasteiger partial charge in [0.05, 0.1) is 5.02 Å². The van der Waals surface area contributed by atoms with Gasteiger partial charge in [-0.05, 0) is 65.5 Å². The molecule has 2 rings (SSSR count). The van der Waals surface area contributed by atoms with Crippen LogP contribution in [0.4, 0.5) is 0 Å². The van der Waals surface area contributed by atoms with E-state index in [4.69, 9.17) is 11.6 Å². The van der Waals surface area contributed by atoms with Crippen LogP contribution in [-0.4, -0.2) is 25.5 Å². The highest BCUT2D eigenvalue weighted by atomic mass is 79.9. The van der Waals surface area contributed by atoms with Crippen molar-refractivity contribution < 1.29 is 4.79 Å². The number of benzene rings is 1. The first kappa shape index (κ1) is 17.8. The predicted molar refractivity (Wildman–Crippen MR) is 88.9 cm³/mol. The molecule has 0 spiro atoms. The summed E-state index contributed by atoms with van der Waals surface area (Å²) >= 11 is 9.25. The Balaban J connectivity index is 0.00000200. The Morgan fingerprint density at radius 3 is 2.70 bits per heavy atom. The maximum atomic E-state index is 12.1. The molecule has 0 radical (unpaired) electrons. The van der Waals surface area contributed by atoms with Gasteiger partial charge in [-0.25, -0.2) is 0 Å². The summed E-state index contributed by atoms with van der Waals surface area (Å²) in [6.07, 6.45) is 2.19. The Bertz CT molecular complexity index is 476. The van der Waals surface area contributed by atoms with Crippen LogP contribution in [0.1, 0.15) is 30.1 Å². The minimum atomic E-state index is -0.0443. The van der Waals surface area contributed by atoms with Crippen LogP contribution in [0.15, 0.2) is 22.7 Å². The third-order valence-electron chi connectivity index (χ3n) is 3.67. The van der Waals surface area contributed by atoms with Crippen molar-refractivity contribution in [3.63, 3.8) is 0 Å². The van der Waals surface area contributed by atoms with Crippen molar-refractivity contribution in [1.29, 1.82) is 0 Å². The van der Waals surface area contributed by atoms with Gasteiger partial charge in [-0.3, -0.25) is 4.79 Å². The van der Waals surface area contributed by atoms with Gasteiger partial charge in [-0.1, -0.05) is 18.5 Å². The quantitative estimate of drug-likeness (QED) is 0.838. The zero-order chi connectivity index (χ0) is 13.9. The van der Waals surface area contributed by atoms with E-state index in [1.165, 1.54) is 0 Å². The number of hydrogen-bond donors (Lipinski definition) is 2. The summed E-state index contributed by atoms with van der Waals surface area (Å²) in [7, 11) is 0. The van der Waals surface area contributed by atoms with E-state index in [1.54, 1.807) is 18.2 Å². The molecule has 0 saturated carbocycles. The minimum absolute atomic E-state index is 0. The average molecular weight is 382 g/mol. The van der Waals surface area contributed by atoms with Crippen LogP contribution in [0.25, 0.3) is 0 Å². The van der Waals surface area contributed by atoms with Crippen LogP contribution in [-0.2, 0) is 0 Å². The predicted octanol–water partition coefficient (Wildman–Crippen LogP) is 3.64. The van der Waals surface area contributed by atoms with Gasteiger partial charge < -0.3 is 10.6 Å². The molecule has 112 valence electrons. The van der Waals surface area contributed by atoms with Crippen molar-refractivity contribution in [2.24, 2.45) is 5.41 Å². The molecule has 20 heavy (non-hydrogen) atoms. The Morgan fingerprint density at radius 2 is 2.10 bits per heavy atom. The normalized spacial score (nSPS) is 17.1. The molecule has 1 aliphatic rings. The number of rotatable bonds is 3. The van der Waals surface area contributed by atoms with Crippen molar-refractivity contribution in [3.05, 3.63) is 33.3 Å². The van der Waals surface area contributed by atoms with Crippen molar-refractivity contribution >= 4 is 45.8 Å². The highest BCUT2D eigenvalue weighted by Crippen LogP contribution is 2.27. The van der Waals surface area contributed by atoms with E-state index >= 15 is 0 Å². The molecule has 1 fully saturated rings. The molecular formula is C14H19BrCl2N2O. The first-order chi connectivity index (χ1) is 9.00. The van der Waals surface area contributed by atoms with Gasteiger partial charge in [0.1, 0.15) is 0 Å². The molecular weight excluding hydrogens is 363 g/mol. The standard InChI is InChI=1S/C14H18BrClN2O.ClH/c1-14(4-6-17-7-5-14)9-18-13(19)10-2-3-12(16)11(15)8-10;/h2-3,8,17H,4-7,9H2,1H3,(H,18,19);1H. The van der Waals surface area contributed by atoms with E-state index in [-0.39, 0.29) is 23.7 Å². The fraction of sp³-hybridized carbons (Fsp3) is 0.500. The van der Waals surface area contributed by atoms with Gasteiger partial charge in [-0.15, -0.1) is 12.4 Å². The van der Waals surface area contributed by atoms with Gasteiger partial charge in [0, 0.05) is 16.6 Å².